The Balaban J connectivity index is 3.25. The van der Waals surface area contributed by atoms with E-state index < -0.39 is 45.2 Å². The minimum atomic E-state index is -6.51. The van der Waals surface area contributed by atoms with Crippen LogP contribution < -0.4 is 0 Å². The third-order valence-corrected chi connectivity index (χ3v) is 4.72. The van der Waals surface area contributed by atoms with Gasteiger partial charge in [0.15, 0.2) is 10.1 Å². The molecule has 1 atom stereocenters. The van der Waals surface area contributed by atoms with Gasteiger partial charge in [0.2, 0.25) is 6.10 Å². The van der Waals surface area contributed by atoms with Crippen LogP contribution in [0.2, 0.25) is 0 Å². The van der Waals surface area contributed by atoms with E-state index in [1.165, 1.54) is 6.07 Å². The lowest BCUT2D eigenvalue weighted by Crippen LogP contribution is -2.48. The van der Waals surface area contributed by atoms with Gasteiger partial charge in [-0.2, -0.15) is 8.78 Å². The molecule has 6 nitrogen and oxygen atoms in total. The number of phenols is 1. The maximum Gasteiger partial charge on any atom is 0.376 e. The van der Waals surface area contributed by atoms with Gasteiger partial charge in [0.25, 0.3) is 6.43 Å². The number of phenolic OH excluding ortho intramolecular Hbond substituents is 1. The van der Waals surface area contributed by atoms with E-state index >= 15 is 0 Å². The van der Waals surface area contributed by atoms with Crippen molar-refractivity contribution in [3.05, 3.63) is 24.8 Å². The Kier molecular flexibility index (Phi) is 6.47. The molecule has 1 rings (SSSR count). The van der Waals surface area contributed by atoms with E-state index in [-0.39, 0.29) is 3.57 Å². The fraction of sp³-hybridized carbons (Fsp3) is 0.300. The van der Waals surface area contributed by atoms with Crippen molar-refractivity contribution >= 4 is 61.3 Å². The molecule has 0 saturated carbocycles. The molecular weight excluding hydrogens is 578 g/mol. The van der Waals surface area contributed by atoms with Crippen molar-refractivity contribution in [3.63, 3.8) is 0 Å². The highest BCUT2D eigenvalue weighted by Gasteiger charge is 2.54. The summed E-state index contributed by atoms with van der Waals surface area (Å²) in [7, 11) is -6.51. The first kappa shape index (κ1) is 20.6. The number of benzene rings is 1. The van der Waals surface area contributed by atoms with Crippen molar-refractivity contribution < 1.29 is 45.2 Å². The zero-order valence-corrected chi connectivity index (χ0v) is 15.6. The van der Waals surface area contributed by atoms with Gasteiger partial charge in [0, 0.05) is 3.57 Å². The van der Waals surface area contributed by atoms with Gasteiger partial charge in [-0.25, -0.2) is 22.0 Å². The Hall–Kier alpha value is -0.420. The molecular formula is C10H5F4I2O6S-. The molecule has 1 unspecified atom stereocenters. The third-order valence-electron chi connectivity index (χ3n) is 2.38. The molecule has 0 aliphatic heterocycles. The van der Waals surface area contributed by atoms with Gasteiger partial charge in [-0.15, -0.1) is 0 Å². The Morgan fingerprint density at radius 3 is 2.26 bits per heavy atom. The molecule has 0 heterocycles. The standard InChI is InChI=1S/C10H6F4I2O6S/c11-8(12)7(10(13,14)23(19,20)21)22-9(18)4-1-3(15)2-5(16)6(4)17/h1-2,7-8,17H,(H,19,20,21)/p-1. The summed E-state index contributed by atoms with van der Waals surface area (Å²) in [4.78, 5) is 11.7. The van der Waals surface area contributed by atoms with Crippen LogP contribution in [0.1, 0.15) is 10.4 Å². The number of esters is 1. The average molecular weight is 583 g/mol. The van der Waals surface area contributed by atoms with E-state index in [1.54, 1.807) is 45.2 Å². The van der Waals surface area contributed by atoms with E-state index in [2.05, 4.69) is 4.74 Å². The van der Waals surface area contributed by atoms with Crippen LogP contribution in [0.4, 0.5) is 17.6 Å². The largest absolute Gasteiger partial charge is 0.743 e. The second-order valence-corrected chi connectivity index (χ2v) is 7.82. The van der Waals surface area contributed by atoms with Crippen LogP contribution in [-0.4, -0.2) is 41.8 Å². The summed E-state index contributed by atoms with van der Waals surface area (Å²) in [6.07, 6.45) is -7.96. The summed E-state index contributed by atoms with van der Waals surface area (Å²) >= 11 is 3.27. The summed E-state index contributed by atoms with van der Waals surface area (Å²) in [6, 6.07) is 2.33. The molecule has 0 fully saturated rings. The van der Waals surface area contributed by atoms with Crippen LogP contribution in [0.15, 0.2) is 12.1 Å². The first-order chi connectivity index (χ1) is 10.3. The molecule has 0 saturated heterocycles. The van der Waals surface area contributed by atoms with Gasteiger partial charge in [0.1, 0.15) is 11.3 Å². The molecule has 0 radical (unpaired) electrons. The number of ether oxygens (including phenoxy) is 1. The topological polar surface area (TPSA) is 104 Å². The Morgan fingerprint density at radius 1 is 1.30 bits per heavy atom. The molecule has 0 aliphatic carbocycles. The van der Waals surface area contributed by atoms with Crippen LogP contribution in [-0.2, 0) is 14.9 Å². The van der Waals surface area contributed by atoms with E-state index in [9.17, 15) is 40.4 Å². The fourth-order valence-corrected chi connectivity index (χ4v) is 3.59. The van der Waals surface area contributed by atoms with E-state index in [0.29, 0.717) is 3.57 Å². The van der Waals surface area contributed by atoms with Crippen LogP contribution in [0.3, 0.4) is 0 Å². The van der Waals surface area contributed by atoms with E-state index in [1.807, 2.05) is 0 Å². The number of carbonyl (C=O) groups is 1. The van der Waals surface area contributed by atoms with Crippen LogP contribution >= 0.6 is 45.2 Å². The summed E-state index contributed by atoms with van der Waals surface area (Å²) in [5.41, 5.74) is -0.731. The lowest BCUT2D eigenvalue weighted by atomic mass is 10.2. The maximum atomic E-state index is 13.3. The van der Waals surface area contributed by atoms with Gasteiger partial charge in [-0.05, 0) is 57.3 Å². The molecule has 1 aromatic carbocycles. The molecule has 0 bridgehead atoms. The monoisotopic (exact) mass is 583 g/mol. The number of alkyl halides is 4. The predicted octanol–water partition coefficient (Wildman–Crippen LogP) is 2.53. The summed E-state index contributed by atoms with van der Waals surface area (Å²) in [5.74, 6) is -2.55. The van der Waals surface area contributed by atoms with Crippen LogP contribution in [0.25, 0.3) is 0 Å². The number of aromatic hydroxyl groups is 1. The molecule has 0 aromatic heterocycles. The summed E-state index contributed by atoms with van der Waals surface area (Å²) in [5, 5.41) is 4.10. The molecule has 0 spiro atoms. The smallest absolute Gasteiger partial charge is 0.376 e. The van der Waals surface area contributed by atoms with Crippen molar-refractivity contribution in [3.8, 4) is 5.75 Å². The highest BCUT2D eigenvalue weighted by molar-refractivity contribution is 14.1. The van der Waals surface area contributed by atoms with Gasteiger partial charge >= 0.3 is 11.2 Å². The van der Waals surface area contributed by atoms with Crippen molar-refractivity contribution in [1.82, 2.24) is 0 Å². The Labute approximate surface area is 154 Å². The van der Waals surface area contributed by atoms with Crippen LogP contribution in [0.5, 0.6) is 5.75 Å². The first-order valence-electron chi connectivity index (χ1n) is 5.29. The number of hydrogen-bond donors (Lipinski definition) is 1. The Morgan fingerprint density at radius 2 is 1.83 bits per heavy atom. The number of rotatable bonds is 5. The number of halogens is 6. The normalized spacial score (nSPS) is 13.9. The van der Waals surface area contributed by atoms with Crippen LogP contribution in [0, 0.1) is 7.14 Å². The van der Waals surface area contributed by atoms with Crippen molar-refractivity contribution in [2.45, 2.75) is 17.8 Å². The second-order valence-electron chi connectivity index (χ2n) is 3.96. The van der Waals surface area contributed by atoms with Crippen molar-refractivity contribution in [1.29, 1.82) is 0 Å². The third kappa shape index (κ3) is 4.56. The summed E-state index contributed by atoms with van der Waals surface area (Å²) in [6.45, 7) is 0. The lowest BCUT2D eigenvalue weighted by Gasteiger charge is -2.27. The van der Waals surface area contributed by atoms with E-state index in [0.717, 1.165) is 6.07 Å². The molecule has 13 heteroatoms. The SMILES string of the molecule is O=C(OC(C(F)F)C(F)(F)S(=O)(=O)[O-])c1cc(I)cc(I)c1O. The highest BCUT2D eigenvalue weighted by atomic mass is 127. The van der Waals surface area contributed by atoms with E-state index in [4.69, 9.17) is 0 Å². The molecule has 0 amide bonds. The molecule has 0 aliphatic rings. The Bertz CT molecular complexity index is 724. The first-order valence-corrected chi connectivity index (χ1v) is 8.86. The molecule has 23 heavy (non-hydrogen) atoms. The van der Waals surface area contributed by atoms with Crippen molar-refractivity contribution in [2.24, 2.45) is 0 Å². The van der Waals surface area contributed by atoms with Gasteiger partial charge in [-0.3, -0.25) is 0 Å². The highest BCUT2D eigenvalue weighted by Crippen LogP contribution is 2.33. The van der Waals surface area contributed by atoms with Gasteiger partial charge in [-0.1, -0.05) is 0 Å². The average Bonchev–Trinajstić information content (AvgIpc) is 2.37. The van der Waals surface area contributed by atoms with Gasteiger partial charge in [0.05, 0.1) is 3.57 Å². The molecule has 130 valence electrons. The zero-order valence-electron chi connectivity index (χ0n) is 10.5. The lowest BCUT2D eigenvalue weighted by molar-refractivity contribution is -0.125. The predicted molar refractivity (Wildman–Crippen MR) is 83.4 cm³/mol. The minimum absolute atomic E-state index is 0.0956. The molecule has 1 aromatic rings. The number of hydrogen-bond acceptors (Lipinski definition) is 6. The number of carbonyl (C=O) groups excluding carboxylic acids is 1. The summed E-state index contributed by atoms with van der Waals surface area (Å²) < 4.78 is 87.2. The zero-order chi connectivity index (χ0) is 18.2. The quantitative estimate of drug-likeness (QED) is 0.248. The van der Waals surface area contributed by atoms with Crippen molar-refractivity contribution in [2.75, 3.05) is 0 Å². The van der Waals surface area contributed by atoms with Gasteiger partial charge < -0.3 is 14.4 Å². The second kappa shape index (κ2) is 7.22. The minimum Gasteiger partial charge on any atom is -0.743 e. The molecule has 1 N–H and O–H groups in total. The maximum absolute atomic E-state index is 13.3. The fourth-order valence-electron chi connectivity index (χ4n) is 1.31.